The molecule has 0 aliphatic carbocycles. The molecule has 4 heteroatoms. The molecule has 1 rings (SSSR count). The van der Waals surface area contributed by atoms with Crippen molar-refractivity contribution >= 4 is 5.91 Å². The number of amides is 1. The van der Waals surface area contributed by atoms with Gasteiger partial charge in [0.2, 0.25) is 5.91 Å². The van der Waals surface area contributed by atoms with Crippen LogP contribution in [0.1, 0.15) is 24.0 Å². The van der Waals surface area contributed by atoms with Gasteiger partial charge in [0.05, 0.1) is 6.04 Å². The summed E-state index contributed by atoms with van der Waals surface area (Å²) in [6.45, 7) is 3.33. The molecule has 19 heavy (non-hydrogen) atoms. The summed E-state index contributed by atoms with van der Waals surface area (Å²) >= 11 is 0. The first-order chi connectivity index (χ1) is 9.13. The zero-order chi connectivity index (χ0) is 14.1. The zero-order valence-corrected chi connectivity index (χ0v) is 11.8. The summed E-state index contributed by atoms with van der Waals surface area (Å²) in [6.07, 6.45) is 2.30. The maximum absolute atomic E-state index is 11.7. The standard InChI is InChI=1S/C15H24N2O2/c1-12-5-3-6-13(11-12)8-9-17-15(18)14(16)7-4-10-19-2/h3,5-6,11,14H,4,7-10,16H2,1-2H3,(H,17,18). The molecular weight excluding hydrogens is 240 g/mol. The number of nitrogens with two attached hydrogens (primary N) is 1. The largest absolute Gasteiger partial charge is 0.385 e. The fraction of sp³-hybridized carbons (Fsp3) is 0.533. The molecule has 0 heterocycles. The molecule has 0 spiro atoms. The van der Waals surface area contributed by atoms with Crippen molar-refractivity contribution in [2.75, 3.05) is 20.3 Å². The van der Waals surface area contributed by atoms with Crippen molar-refractivity contribution in [3.8, 4) is 0 Å². The van der Waals surface area contributed by atoms with Crippen LogP contribution < -0.4 is 11.1 Å². The number of aryl methyl sites for hydroxylation is 1. The zero-order valence-electron chi connectivity index (χ0n) is 11.8. The van der Waals surface area contributed by atoms with Crippen LogP contribution in [0.25, 0.3) is 0 Å². The molecule has 1 aromatic carbocycles. The van der Waals surface area contributed by atoms with E-state index in [1.54, 1.807) is 7.11 Å². The first kappa shape index (κ1) is 15.7. The van der Waals surface area contributed by atoms with Crippen molar-refractivity contribution in [3.63, 3.8) is 0 Å². The minimum Gasteiger partial charge on any atom is -0.385 e. The second-order valence-corrected chi connectivity index (χ2v) is 4.77. The molecule has 0 saturated carbocycles. The topological polar surface area (TPSA) is 64.3 Å². The maximum atomic E-state index is 11.7. The van der Waals surface area contributed by atoms with Gasteiger partial charge in [0.15, 0.2) is 0 Å². The Morgan fingerprint density at radius 2 is 2.26 bits per heavy atom. The summed E-state index contributed by atoms with van der Waals surface area (Å²) in [5.41, 5.74) is 8.26. The van der Waals surface area contributed by atoms with Gasteiger partial charge >= 0.3 is 0 Å². The molecule has 1 amide bonds. The van der Waals surface area contributed by atoms with E-state index in [2.05, 4.69) is 30.4 Å². The van der Waals surface area contributed by atoms with Gasteiger partial charge in [-0.05, 0) is 31.7 Å². The van der Waals surface area contributed by atoms with E-state index in [9.17, 15) is 4.79 Å². The Kier molecular flexibility index (Phi) is 7.15. The maximum Gasteiger partial charge on any atom is 0.236 e. The Labute approximate surface area is 115 Å². The Hall–Kier alpha value is -1.39. The number of carbonyl (C=O) groups excluding carboxylic acids is 1. The van der Waals surface area contributed by atoms with E-state index >= 15 is 0 Å². The lowest BCUT2D eigenvalue weighted by Gasteiger charge is -2.12. The van der Waals surface area contributed by atoms with E-state index in [0.29, 0.717) is 19.6 Å². The second-order valence-electron chi connectivity index (χ2n) is 4.77. The molecule has 0 radical (unpaired) electrons. The molecule has 0 aromatic heterocycles. The number of rotatable bonds is 8. The third-order valence-electron chi connectivity index (χ3n) is 3.00. The van der Waals surface area contributed by atoms with E-state index in [0.717, 1.165) is 12.8 Å². The fourth-order valence-electron chi connectivity index (χ4n) is 1.91. The van der Waals surface area contributed by atoms with Crippen molar-refractivity contribution in [3.05, 3.63) is 35.4 Å². The van der Waals surface area contributed by atoms with E-state index < -0.39 is 6.04 Å². The summed E-state index contributed by atoms with van der Waals surface area (Å²) in [7, 11) is 1.65. The number of nitrogens with one attached hydrogen (secondary N) is 1. The second kappa shape index (κ2) is 8.67. The summed E-state index contributed by atoms with van der Waals surface area (Å²) in [5, 5.41) is 2.87. The van der Waals surface area contributed by atoms with Crippen molar-refractivity contribution in [2.24, 2.45) is 5.73 Å². The van der Waals surface area contributed by atoms with E-state index in [1.165, 1.54) is 11.1 Å². The Bertz CT molecular complexity index is 393. The van der Waals surface area contributed by atoms with Crippen molar-refractivity contribution < 1.29 is 9.53 Å². The quantitative estimate of drug-likeness (QED) is 0.698. The molecular formula is C15H24N2O2. The molecule has 0 saturated heterocycles. The highest BCUT2D eigenvalue weighted by atomic mass is 16.5. The molecule has 4 nitrogen and oxygen atoms in total. The minimum absolute atomic E-state index is 0.0799. The van der Waals surface area contributed by atoms with Crippen LogP contribution in [0.15, 0.2) is 24.3 Å². The Balaban J connectivity index is 2.23. The number of methoxy groups -OCH3 is 1. The van der Waals surface area contributed by atoms with Crippen LogP contribution >= 0.6 is 0 Å². The van der Waals surface area contributed by atoms with Crippen LogP contribution in [0, 0.1) is 6.92 Å². The lowest BCUT2D eigenvalue weighted by molar-refractivity contribution is -0.122. The number of hydrogen-bond donors (Lipinski definition) is 2. The van der Waals surface area contributed by atoms with Gasteiger partial charge < -0.3 is 15.8 Å². The summed E-state index contributed by atoms with van der Waals surface area (Å²) in [6, 6.07) is 7.85. The first-order valence-corrected chi connectivity index (χ1v) is 6.71. The lowest BCUT2D eigenvalue weighted by atomic mass is 10.1. The average Bonchev–Trinajstić information content (AvgIpc) is 2.39. The lowest BCUT2D eigenvalue weighted by Crippen LogP contribution is -2.41. The van der Waals surface area contributed by atoms with Crippen molar-refractivity contribution in [2.45, 2.75) is 32.2 Å². The Morgan fingerprint density at radius 3 is 2.95 bits per heavy atom. The summed E-state index contributed by atoms with van der Waals surface area (Å²) in [4.78, 5) is 11.7. The third kappa shape index (κ3) is 6.36. The van der Waals surface area contributed by atoms with Gasteiger partial charge in [-0.3, -0.25) is 4.79 Å². The number of ether oxygens (including phenoxy) is 1. The predicted molar refractivity (Wildman–Crippen MR) is 77.0 cm³/mol. The van der Waals surface area contributed by atoms with Gasteiger partial charge in [0.1, 0.15) is 0 Å². The molecule has 1 unspecified atom stereocenters. The van der Waals surface area contributed by atoms with Crippen LogP contribution in [0.4, 0.5) is 0 Å². The highest BCUT2D eigenvalue weighted by Crippen LogP contribution is 2.04. The van der Waals surface area contributed by atoms with Gasteiger partial charge in [-0.25, -0.2) is 0 Å². The van der Waals surface area contributed by atoms with E-state index in [1.807, 2.05) is 6.07 Å². The fourth-order valence-corrected chi connectivity index (χ4v) is 1.91. The van der Waals surface area contributed by atoms with Crippen LogP contribution in [0.5, 0.6) is 0 Å². The van der Waals surface area contributed by atoms with Crippen LogP contribution in [-0.4, -0.2) is 32.2 Å². The van der Waals surface area contributed by atoms with Gasteiger partial charge in [-0.15, -0.1) is 0 Å². The predicted octanol–water partition coefficient (Wildman–Crippen LogP) is 1.41. The molecule has 0 aliphatic heterocycles. The number of benzene rings is 1. The third-order valence-corrected chi connectivity index (χ3v) is 3.00. The monoisotopic (exact) mass is 264 g/mol. The van der Waals surface area contributed by atoms with E-state index in [-0.39, 0.29) is 5.91 Å². The normalized spacial score (nSPS) is 12.2. The van der Waals surface area contributed by atoms with Crippen molar-refractivity contribution in [1.29, 1.82) is 0 Å². The summed E-state index contributed by atoms with van der Waals surface area (Å²) in [5.74, 6) is -0.0799. The molecule has 1 atom stereocenters. The molecule has 0 fully saturated rings. The van der Waals surface area contributed by atoms with Gasteiger partial charge in [-0.1, -0.05) is 29.8 Å². The number of hydrogen-bond acceptors (Lipinski definition) is 3. The van der Waals surface area contributed by atoms with Gasteiger partial charge in [-0.2, -0.15) is 0 Å². The molecule has 106 valence electrons. The van der Waals surface area contributed by atoms with Crippen LogP contribution in [-0.2, 0) is 16.0 Å². The average molecular weight is 264 g/mol. The van der Waals surface area contributed by atoms with Crippen molar-refractivity contribution in [1.82, 2.24) is 5.32 Å². The minimum atomic E-state index is -0.437. The molecule has 0 aliphatic rings. The van der Waals surface area contributed by atoms with Gasteiger partial charge in [0, 0.05) is 20.3 Å². The summed E-state index contributed by atoms with van der Waals surface area (Å²) < 4.78 is 4.93. The van der Waals surface area contributed by atoms with Crippen LogP contribution in [0.2, 0.25) is 0 Å². The van der Waals surface area contributed by atoms with E-state index in [4.69, 9.17) is 10.5 Å². The smallest absolute Gasteiger partial charge is 0.236 e. The molecule has 1 aromatic rings. The first-order valence-electron chi connectivity index (χ1n) is 6.71. The molecule has 0 bridgehead atoms. The van der Waals surface area contributed by atoms with Gasteiger partial charge in [0.25, 0.3) is 0 Å². The Morgan fingerprint density at radius 1 is 1.47 bits per heavy atom. The van der Waals surface area contributed by atoms with Crippen LogP contribution in [0.3, 0.4) is 0 Å². The SMILES string of the molecule is COCCCC(N)C(=O)NCCc1cccc(C)c1. The highest BCUT2D eigenvalue weighted by molar-refractivity contribution is 5.81. The molecule has 3 N–H and O–H groups in total. The highest BCUT2D eigenvalue weighted by Gasteiger charge is 2.11. The number of carbonyl (C=O) groups is 1.